The molecular weight excluding hydrogens is 438 g/mol. The molecule has 34 heavy (non-hydrogen) atoms. The van der Waals surface area contributed by atoms with Crippen molar-refractivity contribution in [3.05, 3.63) is 65.2 Å². The Hall–Kier alpha value is -3.62. The normalized spacial score (nSPS) is 14.1. The molecule has 0 spiro atoms. The molecule has 1 aliphatic rings. The highest BCUT2D eigenvalue weighted by Gasteiger charge is 2.27. The van der Waals surface area contributed by atoms with Gasteiger partial charge in [0.2, 0.25) is 17.8 Å². The molecule has 1 aromatic heterocycles. The molecule has 0 unspecified atom stereocenters. The van der Waals surface area contributed by atoms with Gasteiger partial charge in [-0.15, -0.1) is 0 Å². The molecule has 178 valence electrons. The van der Waals surface area contributed by atoms with E-state index < -0.39 is 13.3 Å². The highest BCUT2D eigenvalue weighted by atomic mass is 19.1. The molecular formula is C25H28F2N6O. The van der Waals surface area contributed by atoms with E-state index in [1.807, 2.05) is 23.1 Å². The molecule has 0 saturated carbocycles. The lowest BCUT2D eigenvalue weighted by molar-refractivity contribution is -0.125. The molecule has 3 aromatic rings. The lowest BCUT2D eigenvalue weighted by Gasteiger charge is -2.31. The van der Waals surface area contributed by atoms with E-state index in [9.17, 15) is 13.6 Å². The monoisotopic (exact) mass is 466 g/mol. The second kappa shape index (κ2) is 11.0. The third kappa shape index (κ3) is 5.47. The fraction of sp³-hybridized carbons (Fsp3) is 0.360. The van der Waals surface area contributed by atoms with Gasteiger partial charge in [0.1, 0.15) is 13.3 Å². The summed E-state index contributed by atoms with van der Waals surface area (Å²) in [4.78, 5) is 28.3. The number of aromatic nitrogens is 3. The van der Waals surface area contributed by atoms with Crippen LogP contribution in [0.2, 0.25) is 0 Å². The minimum Gasteiger partial charge on any atom is -0.357 e. The van der Waals surface area contributed by atoms with Crippen LogP contribution in [0.3, 0.4) is 0 Å². The van der Waals surface area contributed by atoms with Crippen molar-refractivity contribution in [1.82, 2.24) is 20.3 Å². The van der Waals surface area contributed by atoms with Gasteiger partial charge in [0.05, 0.1) is 0 Å². The number of rotatable bonds is 8. The number of alkyl halides is 2. The zero-order valence-electron chi connectivity index (χ0n) is 19.1. The summed E-state index contributed by atoms with van der Waals surface area (Å²) >= 11 is 0. The molecule has 1 amide bonds. The van der Waals surface area contributed by atoms with Crippen molar-refractivity contribution in [2.45, 2.75) is 32.7 Å². The number of piperidine rings is 1. The molecule has 1 saturated heterocycles. The van der Waals surface area contributed by atoms with Crippen LogP contribution in [-0.4, -0.2) is 41.0 Å². The number of nitrogens with zero attached hydrogens (tertiary/aromatic N) is 4. The third-order valence-electron chi connectivity index (χ3n) is 6.05. The maximum Gasteiger partial charge on any atom is 0.230 e. The third-order valence-corrected chi connectivity index (χ3v) is 6.05. The zero-order valence-corrected chi connectivity index (χ0v) is 19.1. The fourth-order valence-electron chi connectivity index (χ4n) is 4.07. The van der Waals surface area contributed by atoms with E-state index in [1.165, 1.54) is 0 Å². The lowest BCUT2D eigenvalue weighted by atomic mass is 9.96. The highest BCUT2D eigenvalue weighted by Crippen LogP contribution is 2.25. The Morgan fingerprint density at radius 3 is 2.47 bits per heavy atom. The number of nitrogens with one attached hydrogen (secondary N) is 2. The molecule has 9 heteroatoms. The first-order valence-electron chi connectivity index (χ1n) is 11.4. The van der Waals surface area contributed by atoms with Gasteiger partial charge in [0.15, 0.2) is 5.82 Å². The van der Waals surface area contributed by atoms with Gasteiger partial charge in [0.25, 0.3) is 0 Å². The average Bonchev–Trinajstić information content (AvgIpc) is 2.91. The maximum atomic E-state index is 13.1. The predicted octanol–water partition coefficient (Wildman–Crippen LogP) is 4.05. The molecule has 0 radical (unpaired) electrons. The highest BCUT2D eigenvalue weighted by molar-refractivity contribution is 5.79. The van der Waals surface area contributed by atoms with Gasteiger partial charge < -0.3 is 15.5 Å². The fourth-order valence-corrected chi connectivity index (χ4v) is 4.07. The van der Waals surface area contributed by atoms with Crippen LogP contribution in [-0.2, 0) is 24.7 Å². The average molecular weight is 467 g/mol. The number of amides is 1. The molecule has 2 heterocycles. The van der Waals surface area contributed by atoms with Crippen molar-refractivity contribution in [3.63, 3.8) is 0 Å². The summed E-state index contributed by atoms with van der Waals surface area (Å²) < 4.78 is 26.2. The van der Waals surface area contributed by atoms with Crippen LogP contribution < -0.4 is 15.5 Å². The van der Waals surface area contributed by atoms with Crippen LogP contribution in [0.4, 0.5) is 20.7 Å². The number of hydrogen-bond acceptors (Lipinski definition) is 6. The van der Waals surface area contributed by atoms with E-state index >= 15 is 0 Å². The molecule has 0 aliphatic carbocycles. The Kier molecular flexibility index (Phi) is 7.61. The second-order valence-electron chi connectivity index (χ2n) is 8.25. The maximum absolute atomic E-state index is 13.1. The smallest absolute Gasteiger partial charge is 0.230 e. The molecule has 2 N–H and O–H groups in total. The first-order chi connectivity index (χ1) is 16.6. The van der Waals surface area contributed by atoms with Gasteiger partial charge in [-0.25, -0.2) is 8.78 Å². The van der Waals surface area contributed by atoms with E-state index in [-0.39, 0.29) is 11.8 Å². The summed E-state index contributed by atoms with van der Waals surface area (Å²) in [5.41, 5.74) is 2.68. The molecule has 7 nitrogen and oxygen atoms in total. The number of halogens is 2. The van der Waals surface area contributed by atoms with Crippen molar-refractivity contribution >= 4 is 17.8 Å². The van der Waals surface area contributed by atoms with E-state index in [0.29, 0.717) is 61.3 Å². The first-order valence-corrected chi connectivity index (χ1v) is 11.4. The Labute approximate surface area is 197 Å². The molecule has 4 rings (SSSR count). The second-order valence-corrected chi connectivity index (χ2v) is 8.25. The van der Waals surface area contributed by atoms with E-state index in [2.05, 4.69) is 25.6 Å². The summed E-state index contributed by atoms with van der Waals surface area (Å²) in [6, 6.07) is 14.3. The van der Waals surface area contributed by atoms with Crippen LogP contribution in [0.15, 0.2) is 48.5 Å². The van der Waals surface area contributed by atoms with Crippen molar-refractivity contribution in [2.24, 2.45) is 5.92 Å². The zero-order chi connectivity index (χ0) is 23.9. The van der Waals surface area contributed by atoms with Gasteiger partial charge in [-0.1, -0.05) is 42.5 Å². The van der Waals surface area contributed by atoms with E-state index in [0.717, 1.165) is 11.1 Å². The summed E-state index contributed by atoms with van der Waals surface area (Å²) in [5, 5.41) is 5.91. The van der Waals surface area contributed by atoms with Crippen LogP contribution in [0, 0.1) is 5.92 Å². The Morgan fingerprint density at radius 1 is 1.00 bits per heavy atom. The summed E-state index contributed by atoms with van der Waals surface area (Å²) in [7, 11) is 1.73. The number of hydrogen-bond donors (Lipinski definition) is 2. The largest absolute Gasteiger partial charge is 0.357 e. The van der Waals surface area contributed by atoms with Crippen LogP contribution in [0.5, 0.6) is 0 Å². The van der Waals surface area contributed by atoms with Crippen LogP contribution in [0.1, 0.15) is 29.5 Å². The molecule has 0 atom stereocenters. The van der Waals surface area contributed by atoms with Gasteiger partial charge in [0, 0.05) is 38.2 Å². The number of anilines is 2. The number of benzene rings is 2. The van der Waals surface area contributed by atoms with Gasteiger partial charge in [-0.05, 0) is 35.6 Å². The van der Waals surface area contributed by atoms with Crippen LogP contribution >= 0.6 is 0 Å². The van der Waals surface area contributed by atoms with Gasteiger partial charge in [-0.3, -0.25) is 4.79 Å². The van der Waals surface area contributed by atoms with E-state index in [1.54, 1.807) is 37.4 Å². The minimum atomic E-state index is -0.556. The summed E-state index contributed by atoms with van der Waals surface area (Å²) in [6.45, 7) is 0.455. The first kappa shape index (κ1) is 23.5. The van der Waals surface area contributed by atoms with E-state index in [4.69, 9.17) is 0 Å². The van der Waals surface area contributed by atoms with Crippen molar-refractivity contribution < 1.29 is 13.6 Å². The number of carbonyl (C=O) groups excluding carboxylic acids is 1. The Balaban J connectivity index is 1.41. The summed E-state index contributed by atoms with van der Waals surface area (Å²) in [6.07, 6.45) is 1.31. The number of carbonyl (C=O) groups is 1. The lowest BCUT2D eigenvalue weighted by Crippen LogP contribution is -2.41. The van der Waals surface area contributed by atoms with Gasteiger partial charge >= 0.3 is 0 Å². The molecule has 1 fully saturated rings. The minimum absolute atomic E-state index is 0.0244. The summed E-state index contributed by atoms with van der Waals surface area (Å²) in [5.74, 6) is 1.27. The quantitative estimate of drug-likeness (QED) is 0.521. The van der Waals surface area contributed by atoms with Gasteiger partial charge in [-0.2, -0.15) is 15.0 Å². The topological polar surface area (TPSA) is 83.0 Å². The van der Waals surface area contributed by atoms with Crippen molar-refractivity contribution in [2.75, 3.05) is 30.4 Å². The SMILES string of the molecule is CNc1nc(-c2cccc(CF)c2)nc(N2CCC(C(=O)NCc3ccccc3CF)CC2)n1. The van der Waals surface area contributed by atoms with Crippen molar-refractivity contribution in [1.29, 1.82) is 0 Å². The Morgan fingerprint density at radius 2 is 1.76 bits per heavy atom. The molecule has 0 bridgehead atoms. The Bertz CT molecular complexity index is 1130. The molecule has 2 aromatic carbocycles. The van der Waals surface area contributed by atoms with Crippen molar-refractivity contribution in [3.8, 4) is 11.4 Å². The standard InChI is InChI=1S/C25H28F2N6O/c1-28-24-30-22(19-8-4-5-17(13-19)14-26)31-25(32-24)33-11-9-18(10-12-33)23(34)29-16-21-7-3-2-6-20(21)15-27/h2-8,13,18H,9-12,14-16H2,1H3,(H,29,34)(H,28,30,31,32). The predicted molar refractivity (Wildman–Crippen MR) is 128 cm³/mol. The molecule has 1 aliphatic heterocycles. The van der Waals surface area contributed by atoms with Crippen LogP contribution in [0.25, 0.3) is 11.4 Å².